The zero-order valence-corrected chi connectivity index (χ0v) is 11.6. The van der Waals surface area contributed by atoms with E-state index in [0.29, 0.717) is 18.3 Å². The number of nitrogens with one attached hydrogen (secondary N) is 1. The molecule has 1 N–H and O–H groups in total. The summed E-state index contributed by atoms with van der Waals surface area (Å²) < 4.78 is 10.9. The maximum Gasteiger partial charge on any atom is 0.264 e. The van der Waals surface area contributed by atoms with E-state index in [1.54, 1.807) is 0 Å². The van der Waals surface area contributed by atoms with Crippen LogP contribution in [-0.4, -0.2) is 17.2 Å². The molecule has 1 aromatic carbocycles. The summed E-state index contributed by atoms with van der Waals surface area (Å²) in [4.78, 5) is 4.23. The van der Waals surface area contributed by atoms with Gasteiger partial charge < -0.3 is 14.6 Å². The van der Waals surface area contributed by atoms with E-state index in [2.05, 4.69) is 15.5 Å². The third-order valence-corrected chi connectivity index (χ3v) is 2.83. The summed E-state index contributed by atoms with van der Waals surface area (Å²) >= 11 is 0. The quantitative estimate of drug-likeness (QED) is 0.864. The number of hydrogen-bond acceptors (Lipinski definition) is 5. The predicted molar refractivity (Wildman–Crippen MR) is 72.0 cm³/mol. The molecule has 5 nitrogen and oxygen atoms in total. The van der Waals surface area contributed by atoms with Crippen LogP contribution in [0.2, 0.25) is 0 Å². The Kier molecular flexibility index (Phi) is 4.52. The van der Waals surface area contributed by atoms with Crippen LogP contribution in [0.5, 0.6) is 5.75 Å². The van der Waals surface area contributed by atoms with Crippen molar-refractivity contribution < 1.29 is 9.26 Å². The van der Waals surface area contributed by atoms with Gasteiger partial charge >= 0.3 is 0 Å². The molecule has 102 valence electrons. The molecule has 0 spiro atoms. The Labute approximate surface area is 113 Å². The minimum Gasteiger partial charge on any atom is -0.483 e. The monoisotopic (exact) mass is 261 g/mol. The first-order valence-corrected chi connectivity index (χ1v) is 6.42. The van der Waals surface area contributed by atoms with E-state index < -0.39 is 0 Å². The average Bonchev–Trinajstić information content (AvgIpc) is 2.86. The molecule has 0 aliphatic carbocycles. The SMILES string of the molecule is CCc1noc(COc2c(C)cccc2CNC)n1. The third kappa shape index (κ3) is 3.32. The van der Waals surface area contributed by atoms with Gasteiger partial charge in [0.1, 0.15) is 5.75 Å². The fourth-order valence-corrected chi connectivity index (χ4v) is 1.88. The van der Waals surface area contributed by atoms with Gasteiger partial charge in [-0.1, -0.05) is 30.3 Å². The van der Waals surface area contributed by atoms with E-state index in [1.807, 2.05) is 39.1 Å². The van der Waals surface area contributed by atoms with Crippen molar-refractivity contribution in [1.29, 1.82) is 0 Å². The van der Waals surface area contributed by atoms with Crippen molar-refractivity contribution in [2.75, 3.05) is 7.05 Å². The van der Waals surface area contributed by atoms with Crippen LogP contribution in [0.25, 0.3) is 0 Å². The first-order valence-electron chi connectivity index (χ1n) is 6.42. The second-order valence-electron chi connectivity index (χ2n) is 4.34. The molecule has 5 heteroatoms. The number of aromatic nitrogens is 2. The van der Waals surface area contributed by atoms with E-state index in [1.165, 1.54) is 0 Å². The van der Waals surface area contributed by atoms with E-state index in [4.69, 9.17) is 9.26 Å². The molecule has 0 atom stereocenters. The van der Waals surface area contributed by atoms with Crippen LogP contribution in [0.1, 0.15) is 29.8 Å². The van der Waals surface area contributed by atoms with Gasteiger partial charge in [-0.25, -0.2) is 0 Å². The fraction of sp³-hybridized carbons (Fsp3) is 0.429. The minimum absolute atomic E-state index is 0.300. The molecular weight excluding hydrogens is 242 g/mol. The average molecular weight is 261 g/mol. The van der Waals surface area contributed by atoms with E-state index in [9.17, 15) is 0 Å². The van der Waals surface area contributed by atoms with Crippen molar-refractivity contribution in [2.45, 2.75) is 33.4 Å². The Hall–Kier alpha value is -1.88. The smallest absolute Gasteiger partial charge is 0.264 e. The van der Waals surface area contributed by atoms with Crippen LogP contribution in [0.4, 0.5) is 0 Å². The number of benzene rings is 1. The van der Waals surface area contributed by atoms with Gasteiger partial charge in [0, 0.05) is 18.5 Å². The van der Waals surface area contributed by atoms with Crippen LogP contribution < -0.4 is 10.1 Å². The van der Waals surface area contributed by atoms with Crippen molar-refractivity contribution in [3.63, 3.8) is 0 Å². The Balaban J connectivity index is 2.09. The first-order chi connectivity index (χ1) is 9.24. The Morgan fingerprint density at radius 3 is 2.89 bits per heavy atom. The summed E-state index contributed by atoms with van der Waals surface area (Å²) in [5.41, 5.74) is 2.22. The van der Waals surface area contributed by atoms with Gasteiger partial charge in [0.15, 0.2) is 12.4 Å². The lowest BCUT2D eigenvalue weighted by Gasteiger charge is -2.12. The Morgan fingerprint density at radius 1 is 1.37 bits per heavy atom. The molecule has 1 heterocycles. The lowest BCUT2D eigenvalue weighted by molar-refractivity contribution is 0.239. The van der Waals surface area contributed by atoms with Crippen LogP contribution in [0.3, 0.4) is 0 Å². The van der Waals surface area contributed by atoms with Crippen molar-refractivity contribution in [3.8, 4) is 5.75 Å². The number of ether oxygens (including phenoxy) is 1. The molecule has 1 aromatic heterocycles. The highest BCUT2D eigenvalue weighted by Gasteiger charge is 2.10. The van der Waals surface area contributed by atoms with Gasteiger partial charge in [-0.2, -0.15) is 4.98 Å². The summed E-state index contributed by atoms with van der Waals surface area (Å²) in [6.07, 6.45) is 0.763. The Bertz CT molecular complexity index is 537. The summed E-state index contributed by atoms with van der Waals surface area (Å²) in [6.45, 7) is 5.08. The highest BCUT2D eigenvalue weighted by molar-refractivity contribution is 5.40. The minimum atomic E-state index is 0.300. The maximum atomic E-state index is 5.83. The zero-order valence-electron chi connectivity index (χ0n) is 11.6. The molecule has 0 bridgehead atoms. The Morgan fingerprint density at radius 2 is 2.21 bits per heavy atom. The largest absolute Gasteiger partial charge is 0.483 e. The van der Waals surface area contributed by atoms with Crippen molar-refractivity contribution >= 4 is 0 Å². The second-order valence-corrected chi connectivity index (χ2v) is 4.34. The van der Waals surface area contributed by atoms with E-state index in [0.717, 1.165) is 29.8 Å². The van der Waals surface area contributed by atoms with Crippen molar-refractivity contribution in [1.82, 2.24) is 15.5 Å². The van der Waals surface area contributed by atoms with Crippen LogP contribution in [-0.2, 0) is 19.6 Å². The molecule has 0 unspecified atom stereocenters. The normalized spacial score (nSPS) is 10.7. The number of nitrogens with zero attached hydrogens (tertiary/aromatic N) is 2. The molecule has 0 aliphatic rings. The topological polar surface area (TPSA) is 60.2 Å². The summed E-state index contributed by atoms with van der Waals surface area (Å²) in [5.74, 6) is 2.10. The number of aryl methyl sites for hydroxylation is 2. The molecule has 0 radical (unpaired) electrons. The predicted octanol–water partition coefficient (Wildman–Crippen LogP) is 2.24. The van der Waals surface area contributed by atoms with Gasteiger partial charge in [0.25, 0.3) is 5.89 Å². The van der Waals surface area contributed by atoms with Crippen molar-refractivity contribution in [3.05, 3.63) is 41.0 Å². The van der Waals surface area contributed by atoms with Crippen molar-refractivity contribution in [2.24, 2.45) is 0 Å². The fourth-order valence-electron chi connectivity index (χ4n) is 1.88. The molecular formula is C14H19N3O2. The van der Waals surface area contributed by atoms with E-state index in [-0.39, 0.29) is 0 Å². The lowest BCUT2D eigenvalue weighted by Crippen LogP contribution is -2.08. The third-order valence-electron chi connectivity index (χ3n) is 2.83. The molecule has 0 amide bonds. The maximum absolute atomic E-state index is 5.83. The molecule has 19 heavy (non-hydrogen) atoms. The van der Waals surface area contributed by atoms with Crippen LogP contribution in [0, 0.1) is 6.92 Å². The second kappa shape index (κ2) is 6.33. The molecule has 0 fully saturated rings. The molecule has 0 saturated heterocycles. The van der Waals surface area contributed by atoms with Gasteiger partial charge in [-0.05, 0) is 19.5 Å². The summed E-state index contributed by atoms with van der Waals surface area (Å²) in [6, 6.07) is 6.10. The standard InChI is InChI=1S/C14H19N3O2/c1-4-12-16-13(19-17-12)9-18-14-10(2)6-5-7-11(14)8-15-3/h5-7,15H,4,8-9H2,1-3H3. The highest BCUT2D eigenvalue weighted by atomic mass is 16.5. The van der Waals surface area contributed by atoms with Gasteiger partial charge in [0.05, 0.1) is 0 Å². The first kappa shape index (κ1) is 13.5. The van der Waals surface area contributed by atoms with Gasteiger partial charge in [0.2, 0.25) is 0 Å². The number of hydrogen-bond donors (Lipinski definition) is 1. The molecule has 2 aromatic rings. The summed E-state index contributed by atoms with van der Waals surface area (Å²) in [5, 5.41) is 6.98. The highest BCUT2D eigenvalue weighted by Crippen LogP contribution is 2.24. The molecule has 0 saturated carbocycles. The van der Waals surface area contributed by atoms with Crippen LogP contribution in [0.15, 0.2) is 22.7 Å². The molecule has 0 aliphatic heterocycles. The molecule has 2 rings (SSSR count). The van der Waals surface area contributed by atoms with Crippen LogP contribution >= 0.6 is 0 Å². The van der Waals surface area contributed by atoms with Gasteiger partial charge in [-0.15, -0.1) is 0 Å². The summed E-state index contributed by atoms with van der Waals surface area (Å²) in [7, 11) is 1.91. The van der Waals surface area contributed by atoms with Gasteiger partial charge in [-0.3, -0.25) is 0 Å². The number of para-hydroxylation sites is 1. The lowest BCUT2D eigenvalue weighted by atomic mass is 10.1. The zero-order chi connectivity index (χ0) is 13.7. The van der Waals surface area contributed by atoms with E-state index >= 15 is 0 Å². The number of rotatable bonds is 6.